The van der Waals surface area contributed by atoms with E-state index in [1.54, 1.807) is 18.3 Å². The van der Waals surface area contributed by atoms with Gasteiger partial charge in [-0.1, -0.05) is 23.8 Å². The number of nitrogens with one attached hydrogen (secondary N) is 1. The first-order valence-electron chi connectivity index (χ1n) is 5.80. The second kappa shape index (κ2) is 5.82. The first-order chi connectivity index (χ1) is 8.25. The minimum Gasteiger partial charge on any atom is -0.350 e. The number of nitrogens with zero attached hydrogens (tertiary/aromatic N) is 1. The van der Waals surface area contributed by atoms with Gasteiger partial charge in [-0.25, -0.2) is 0 Å². The van der Waals surface area contributed by atoms with Crippen LogP contribution in [0.15, 0.2) is 30.5 Å². The summed E-state index contributed by atoms with van der Waals surface area (Å²) >= 11 is 5.81. The number of carbonyl (C=O) groups is 1. The summed E-state index contributed by atoms with van der Waals surface area (Å²) in [4.78, 5) is 15.8. The maximum Gasteiger partial charge on any atom is 0.269 e. The van der Waals surface area contributed by atoms with Crippen LogP contribution in [0.3, 0.4) is 0 Å². The summed E-state index contributed by atoms with van der Waals surface area (Å²) in [5.74, 6) is 0.394. The number of halogens is 1. The van der Waals surface area contributed by atoms with Gasteiger partial charge in [-0.15, -0.1) is 0 Å². The highest BCUT2D eigenvalue weighted by Gasteiger charge is 2.13. The smallest absolute Gasteiger partial charge is 0.269 e. The van der Waals surface area contributed by atoms with Gasteiger partial charge in [-0.05, 0) is 37.3 Å². The highest BCUT2D eigenvalue weighted by molar-refractivity contribution is 6.30. The summed E-state index contributed by atoms with van der Waals surface area (Å²) in [6.45, 7) is 0.706. The Morgan fingerprint density at radius 1 is 1.53 bits per heavy atom. The van der Waals surface area contributed by atoms with Gasteiger partial charge in [0.05, 0.1) is 0 Å². The predicted octanol–water partition coefficient (Wildman–Crippen LogP) is 2.82. The number of hydrogen-bond donors (Lipinski definition) is 1. The summed E-state index contributed by atoms with van der Waals surface area (Å²) in [6, 6.07) is 3.24. The highest BCUT2D eigenvalue weighted by Crippen LogP contribution is 2.17. The molecule has 17 heavy (non-hydrogen) atoms. The van der Waals surface area contributed by atoms with Crippen LogP contribution in [0, 0.1) is 5.92 Å². The van der Waals surface area contributed by atoms with Gasteiger partial charge in [0, 0.05) is 17.8 Å². The van der Waals surface area contributed by atoms with Crippen LogP contribution >= 0.6 is 11.6 Å². The zero-order chi connectivity index (χ0) is 12.1. The largest absolute Gasteiger partial charge is 0.350 e. The molecule has 1 atom stereocenters. The maximum absolute atomic E-state index is 11.8. The van der Waals surface area contributed by atoms with Crippen LogP contribution in [0.4, 0.5) is 0 Å². The molecule has 0 saturated heterocycles. The van der Waals surface area contributed by atoms with Gasteiger partial charge in [0.1, 0.15) is 5.69 Å². The van der Waals surface area contributed by atoms with E-state index in [1.807, 2.05) is 0 Å². The van der Waals surface area contributed by atoms with Crippen LogP contribution in [0.25, 0.3) is 0 Å². The predicted molar refractivity (Wildman–Crippen MR) is 68.1 cm³/mol. The Morgan fingerprint density at radius 2 is 2.41 bits per heavy atom. The lowest BCUT2D eigenvalue weighted by Gasteiger charge is -2.17. The van der Waals surface area contributed by atoms with E-state index in [0.717, 1.165) is 19.3 Å². The minimum absolute atomic E-state index is 0.151. The zero-order valence-corrected chi connectivity index (χ0v) is 10.3. The van der Waals surface area contributed by atoms with Gasteiger partial charge in [-0.3, -0.25) is 9.78 Å². The Kier molecular flexibility index (Phi) is 4.15. The molecule has 3 nitrogen and oxygen atoms in total. The number of hydrogen-bond acceptors (Lipinski definition) is 2. The summed E-state index contributed by atoms with van der Waals surface area (Å²) in [6.07, 6.45) is 9.20. The average Bonchev–Trinajstić information content (AvgIpc) is 2.37. The van der Waals surface area contributed by atoms with Gasteiger partial charge in [0.15, 0.2) is 0 Å². The number of allylic oxidation sites excluding steroid dienone is 2. The van der Waals surface area contributed by atoms with Crippen molar-refractivity contribution in [3.8, 4) is 0 Å². The van der Waals surface area contributed by atoms with Gasteiger partial charge in [0.2, 0.25) is 0 Å². The second-order valence-electron chi connectivity index (χ2n) is 4.22. The summed E-state index contributed by atoms with van der Waals surface area (Å²) in [7, 11) is 0. The van der Waals surface area contributed by atoms with Crippen molar-refractivity contribution < 1.29 is 4.79 Å². The van der Waals surface area contributed by atoms with Crippen LogP contribution < -0.4 is 5.32 Å². The van der Waals surface area contributed by atoms with Crippen molar-refractivity contribution in [3.05, 3.63) is 41.2 Å². The Morgan fingerprint density at radius 3 is 3.12 bits per heavy atom. The normalized spacial score (nSPS) is 19.0. The third kappa shape index (κ3) is 3.56. The first-order valence-corrected chi connectivity index (χ1v) is 6.18. The molecule has 1 heterocycles. The van der Waals surface area contributed by atoms with Gasteiger partial charge in [0.25, 0.3) is 5.91 Å². The molecule has 4 heteroatoms. The van der Waals surface area contributed by atoms with Crippen molar-refractivity contribution in [1.29, 1.82) is 0 Å². The van der Waals surface area contributed by atoms with E-state index < -0.39 is 0 Å². The lowest BCUT2D eigenvalue weighted by molar-refractivity contribution is 0.0941. The third-order valence-electron chi connectivity index (χ3n) is 2.88. The van der Waals surface area contributed by atoms with E-state index in [9.17, 15) is 4.79 Å². The molecular formula is C13H15ClN2O. The van der Waals surface area contributed by atoms with Crippen molar-refractivity contribution in [3.63, 3.8) is 0 Å². The van der Waals surface area contributed by atoms with E-state index in [-0.39, 0.29) is 5.91 Å². The number of aromatic nitrogens is 1. The minimum atomic E-state index is -0.151. The van der Waals surface area contributed by atoms with E-state index in [0.29, 0.717) is 23.2 Å². The summed E-state index contributed by atoms with van der Waals surface area (Å²) in [5, 5.41) is 3.44. The molecule has 1 unspecified atom stereocenters. The van der Waals surface area contributed by atoms with Gasteiger partial charge < -0.3 is 5.32 Å². The van der Waals surface area contributed by atoms with E-state index in [2.05, 4.69) is 22.5 Å². The molecule has 1 amide bonds. The molecule has 0 fully saturated rings. The molecule has 2 rings (SSSR count). The third-order valence-corrected chi connectivity index (χ3v) is 3.12. The highest BCUT2D eigenvalue weighted by atomic mass is 35.5. The van der Waals surface area contributed by atoms with Crippen molar-refractivity contribution in [1.82, 2.24) is 10.3 Å². The Hall–Kier alpha value is -1.35. The topological polar surface area (TPSA) is 42.0 Å². The van der Waals surface area contributed by atoms with Gasteiger partial charge >= 0.3 is 0 Å². The molecule has 1 aromatic rings. The summed E-state index contributed by atoms with van der Waals surface area (Å²) in [5.41, 5.74) is 0.379. The molecule has 1 aliphatic carbocycles. The second-order valence-corrected chi connectivity index (χ2v) is 4.66. The molecule has 1 aliphatic rings. The molecule has 1 aromatic heterocycles. The van der Waals surface area contributed by atoms with E-state index in [1.165, 1.54) is 0 Å². The standard InChI is InChI=1S/C13H15ClN2O/c14-11-6-7-15-12(8-11)13(17)16-9-10-4-2-1-3-5-10/h1-2,6-8,10H,3-5,9H2,(H,16,17). The number of pyridine rings is 1. The van der Waals surface area contributed by atoms with Crippen LogP contribution in [0.1, 0.15) is 29.8 Å². The zero-order valence-electron chi connectivity index (χ0n) is 9.53. The van der Waals surface area contributed by atoms with E-state index >= 15 is 0 Å². The molecule has 0 spiro atoms. The molecule has 0 aromatic carbocycles. The molecular weight excluding hydrogens is 236 g/mol. The lowest BCUT2D eigenvalue weighted by Crippen LogP contribution is -2.30. The molecule has 0 radical (unpaired) electrons. The average molecular weight is 251 g/mol. The van der Waals surface area contributed by atoms with Crippen molar-refractivity contribution >= 4 is 17.5 Å². The van der Waals surface area contributed by atoms with Crippen molar-refractivity contribution in [2.45, 2.75) is 19.3 Å². The lowest BCUT2D eigenvalue weighted by atomic mass is 9.94. The Labute approximate surface area is 106 Å². The Bertz CT molecular complexity index is 431. The van der Waals surface area contributed by atoms with Crippen LogP contribution in [-0.2, 0) is 0 Å². The van der Waals surface area contributed by atoms with Crippen molar-refractivity contribution in [2.75, 3.05) is 6.54 Å². The molecule has 0 bridgehead atoms. The molecule has 0 saturated carbocycles. The number of rotatable bonds is 3. The van der Waals surface area contributed by atoms with Crippen LogP contribution in [0.2, 0.25) is 5.02 Å². The fourth-order valence-corrected chi connectivity index (χ4v) is 2.06. The fraction of sp³-hybridized carbons (Fsp3) is 0.385. The monoisotopic (exact) mass is 250 g/mol. The summed E-state index contributed by atoms with van der Waals surface area (Å²) < 4.78 is 0. The molecule has 0 aliphatic heterocycles. The quantitative estimate of drug-likeness (QED) is 0.839. The fourth-order valence-electron chi connectivity index (χ4n) is 1.90. The molecule has 90 valence electrons. The van der Waals surface area contributed by atoms with E-state index in [4.69, 9.17) is 11.6 Å². The number of carbonyl (C=O) groups excluding carboxylic acids is 1. The van der Waals surface area contributed by atoms with Crippen LogP contribution in [-0.4, -0.2) is 17.4 Å². The molecule has 1 N–H and O–H groups in total. The van der Waals surface area contributed by atoms with Gasteiger partial charge in [-0.2, -0.15) is 0 Å². The maximum atomic E-state index is 11.8. The SMILES string of the molecule is O=C(NCC1CC=CCC1)c1cc(Cl)ccn1. The Balaban J connectivity index is 1.87. The first kappa shape index (κ1) is 12.1. The number of amides is 1. The van der Waals surface area contributed by atoms with Crippen molar-refractivity contribution in [2.24, 2.45) is 5.92 Å². The van der Waals surface area contributed by atoms with Crippen LogP contribution in [0.5, 0.6) is 0 Å².